The fourth-order valence-corrected chi connectivity index (χ4v) is 4.95. The second kappa shape index (κ2) is 9.59. The molecular weight excluding hydrogens is 416 g/mol. The van der Waals surface area contributed by atoms with Gasteiger partial charge in [-0.15, -0.1) is 0 Å². The predicted molar refractivity (Wildman–Crippen MR) is 148 cm³/mol. The van der Waals surface area contributed by atoms with Crippen molar-refractivity contribution in [1.29, 1.82) is 0 Å². The van der Waals surface area contributed by atoms with Gasteiger partial charge in [-0.1, -0.05) is 114 Å². The third-order valence-corrected chi connectivity index (χ3v) is 7.58. The summed E-state index contributed by atoms with van der Waals surface area (Å²) in [5.41, 5.74) is 5.99. The molecule has 0 bridgehead atoms. The molecule has 0 aliphatic heterocycles. The van der Waals surface area contributed by atoms with Gasteiger partial charge in [0.05, 0.1) is 0 Å². The van der Waals surface area contributed by atoms with Gasteiger partial charge < -0.3 is 10.2 Å². The summed E-state index contributed by atoms with van der Waals surface area (Å²) in [4.78, 5) is 0. The summed E-state index contributed by atoms with van der Waals surface area (Å²) in [5, 5.41) is 22.6. The first-order chi connectivity index (χ1) is 15.3. The number of hydrogen-bond donors (Lipinski definition) is 2. The van der Waals surface area contributed by atoms with E-state index in [1.165, 1.54) is 11.1 Å². The third-order valence-electron chi connectivity index (χ3n) is 7.58. The maximum absolute atomic E-state index is 11.4. The van der Waals surface area contributed by atoms with E-state index in [1.807, 2.05) is 0 Å². The number of benzene rings is 2. The van der Waals surface area contributed by atoms with Crippen LogP contribution in [0.25, 0.3) is 0 Å². The molecule has 0 aliphatic rings. The SMILES string of the molecule is CCCC(C)(C)c1cc(Cc2cc(C(C)(C)C)c(O)c(C(C)(C)C)c2)cc(C(C)(C)CC)c1O. The Labute approximate surface area is 209 Å². The average molecular weight is 467 g/mol. The Morgan fingerprint density at radius 1 is 0.559 bits per heavy atom. The minimum Gasteiger partial charge on any atom is -0.507 e. The Morgan fingerprint density at radius 2 is 0.912 bits per heavy atom. The summed E-state index contributed by atoms with van der Waals surface area (Å²) in [5.74, 6) is 0.887. The molecule has 0 aliphatic carbocycles. The van der Waals surface area contributed by atoms with E-state index in [-0.39, 0.29) is 21.7 Å². The zero-order valence-corrected chi connectivity index (χ0v) is 24.0. The molecular formula is C32H50O2. The van der Waals surface area contributed by atoms with Crippen molar-refractivity contribution in [2.75, 3.05) is 0 Å². The van der Waals surface area contributed by atoms with Crippen LogP contribution in [-0.2, 0) is 28.1 Å². The summed E-state index contributed by atoms with van der Waals surface area (Å²) < 4.78 is 0. The first-order valence-electron chi connectivity index (χ1n) is 13.1. The van der Waals surface area contributed by atoms with Crippen LogP contribution in [0.5, 0.6) is 11.5 Å². The van der Waals surface area contributed by atoms with Gasteiger partial charge in [-0.05, 0) is 63.2 Å². The fourth-order valence-electron chi connectivity index (χ4n) is 4.95. The Balaban J connectivity index is 2.77. The van der Waals surface area contributed by atoms with Crippen molar-refractivity contribution in [3.05, 3.63) is 57.6 Å². The summed E-state index contributed by atoms with van der Waals surface area (Å²) in [7, 11) is 0. The van der Waals surface area contributed by atoms with Gasteiger partial charge in [0.2, 0.25) is 0 Å². The highest BCUT2D eigenvalue weighted by atomic mass is 16.3. The predicted octanol–water partition coefficient (Wildman–Crippen LogP) is 9.05. The fraction of sp³-hybridized carbons (Fsp3) is 0.625. The van der Waals surface area contributed by atoms with Crippen molar-refractivity contribution >= 4 is 0 Å². The lowest BCUT2D eigenvalue weighted by atomic mass is 9.73. The molecule has 2 heteroatoms. The molecule has 0 unspecified atom stereocenters. The Kier molecular flexibility index (Phi) is 7.98. The molecule has 0 atom stereocenters. The molecule has 2 nitrogen and oxygen atoms in total. The third kappa shape index (κ3) is 5.99. The maximum Gasteiger partial charge on any atom is 0.123 e. The Bertz CT molecular complexity index is 976. The number of phenolic OH excluding ortho intramolecular Hbond substituents is 2. The van der Waals surface area contributed by atoms with Gasteiger partial charge in [0.1, 0.15) is 11.5 Å². The minimum absolute atomic E-state index is 0.102. The van der Waals surface area contributed by atoms with Crippen LogP contribution in [0, 0.1) is 0 Å². The smallest absolute Gasteiger partial charge is 0.123 e. The lowest BCUT2D eigenvalue weighted by molar-refractivity contribution is 0.393. The normalized spacial score (nSPS) is 13.4. The Hall–Kier alpha value is -1.96. The highest BCUT2D eigenvalue weighted by Crippen LogP contribution is 2.44. The molecule has 2 aromatic rings. The topological polar surface area (TPSA) is 40.5 Å². The second-order valence-corrected chi connectivity index (χ2v) is 13.6. The first-order valence-corrected chi connectivity index (χ1v) is 13.1. The van der Waals surface area contributed by atoms with Crippen LogP contribution in [-0.4, -0.2) is 10.2 Å². The van der Waals surface area contributed by atoms with Crippen molar-refractivity contribution in [2.24, 2.45) is 0 Å². The van der Waals surface area contributed by atoms with Crippen LogP contribution in [0.2, 0.25) is 0 Å². The van der Waals surface area contributed by atoms with Crippen LogP contribution >= 0.6 is 0 Å². The number of phenols is 2. The van der Waals surface area contributed by atoms with E-state index in [0.717, 1.165) is 47.9 Å². The molecule has 190 valence electrons. The van der Waals surface area contributed by atoms with Gasteiger partial charge in [-0.2, -0.15) is 0 Å². The largest absolute Gasteiger partial charge is 0.507 e. The minimum atomic E-state index is -0.154. The van der Waals surface area contributed by atoms with Crippen molar-refractivity contribution in [2.45, 2.75) is 130 Å². The highest BCUT2D eigenvalue weighted by molar-refractivity contribution is 5.53. The molecule has 0 heterocycles. The molecule has 0 aromatic heterocycles. The summed E-state index contributed by atoms with van der Waals surface area (Å²) in [6, 6.07) is 8.79. The molecule has 0 saturated carbocycles. The van der Waals surface area contributed by atoms with Crippen LogP contribution in [0.3, 0.4) is 0 Å². The van der Waals surface area contributed by atoms with Crippen LogP contribution in [0.1, 0.15) is 136 Å². The standard InChI is InChI=1S/C32H50O2/c1-13-15-32(11,12)26-20-22(19-25(28(26)34)31(9,10)14-2)16-21-17-23(29(3,4)5)27(33)24(18-21)30(6,7)8/h17-20,33-34H,13-16H2,1-12H3. The van der Waals surface area contributed by atoms with Crippen molar-refractivity contribution in [1.82, 2.24) is 0 Å². The summed E-state index contributed by atoms with van der Waals surface area (Å²) >= 11 is 0. The van der Waals surface area contributed by atoms with Crippen LogP contribution < -0.4 is 0 Å². The zero-order valence-electron chi connectivity index (χ0n) is 24.0. The number of rotatable bonds is 7. The van der Waals surface area contributed by atoms with Crippen LogP contribution in [0.4, 0.5) is 0 Å². The lowest BCUT2D eigenvalue weighted by Gasteiger charge is -2.32. The van der Waals surface area contributed by atoms with E-state index in [4.69, 9.17) is 0 Å². The summed E-state index contributed by atoms with van der Waals surface area (Å²) in [6.07, 6.45) is 3.83. The quantitative estimate of drug-likeness (QED) is 0.427. The van der Waals surface area contributed by atoms with Gasteiger partial charge in [0.25, 0.3) is 0 Å². The summed E-state index contributed by atoms with van der Waals surface area (Å²) in [6.45, 7) is 26.3. The van der Waals surface area contributed by atoms with E-state index in [2.05, 4.69) is 107 Å². The maximum atomic E-state index is 11.4. The molecule has 0 fully saturated rings. The number of aromatic hydroxyl groups is 2. The Morgan fingerprint density at radius 3 is 1.26 bits per heavy atom. The van der Waals surface area contributed by atoms with Gasteiger partial charge in [0, 0.05) is 11.1 Å². The second-order valence-electron chi connectivity index (χ2n) is 13.6. The van der Waals surface area contributed by atoms with E-state index in [9.17, 15) is 10.2 Å². The van der Waals surface area contributed by atoms with E-state index < -0.39 is 0 Å². The monoisotopic (exact) mass is 466 g/mol. The van der Waals surface area contributed by atoms with E-state index >= 15 is 0 Å². The van der Waals surface area contributed by atoms with Gasteiger partial charge >= 0.3 is 0 Å². The number of hydrogen-bond acceptors (Lipinski definition) is 2. The van der Waals surface area contributed by atoms with Gasteiger partial charge in [-0.25, -0.2) is 0 Å². The molecule has 0 saturated heterocycles. The molecule has 0 amide bonds. The lowest BCUT2D eigenvalue weighted by Crippen LogP contribution is -2.22. The molecule has 0 spiro atoms. The molecule has 2 aromatic carbocycles. The van der Waals surface area contributed by atoms with E-state index in [1.54, 1.807) is 0 Å². The first kappa shape index (κ1) is 28.3. The van der Waals surface area contributed by atoms with Crippen LogP contribution in [0.15, 0.2) is 24.3 Å². The highest BCUT2D eigenvalue weighted by Gasteiger charge is 2.31. The molecule has 0 radical (unpaired) electrons. The molecule has 34 heavy (non-hydrogen) atoms. The molecule has 2 N–H and O–H groups in total. The van der Waals surface area contributed by atoms with Gasteiger partial charge in [-0.3, -0.25) is 0 Å². The van der Waals surface area contributed by atoms with Crippen molar-refractivity contribution in [3.63, 3.8) is 0 Å². The van der Waals surface area contributed by atoms with E-state index in [0.29, 0.717) is 11.5 Å². The molecule has 2 rings (SSSR count). The van der Waals surface area contributed by atoms with Crippen molar-refractivity contribution in [3.8, 4) is 11.5 Å². The zero-order chi connectivity index (χ0) is 26.3. The van der Waals surface area contributed by atoms with Crippen molar-refractivity contribution < 1.29 is 10.2 Å². The average Bonchev–Trinajstić information content (AvgIpc) is 2.68. The van der Waals surface area contributed by atoms with Gasteiger partial charge in [0.15, 0.2) is 0 Å².